The summed E-state index contributed by atoms with van der Waals surface area (Å²) in [5.74, 6) is 0.643. The van der Waals surface area contributed by atoms with E-state index in [1.54, 1.807) is 25.4 Å². The van der Waals surface area contributed by atoms with Crippen molar-refractivity contribution in [3.8, 4) is 0 Å². The van der Waals surface area contributed by atoms with Gasteiger partial charge in [0, 0.05) is 18.1 Å². The lowest BCUT2D eigenvalue weighted by molar-refractivity contribution is 0.220. The Morgan fingerprint density at radius 3 is 2.73 bits per heavy atom. The first kappa shape index (κ1) is 8.49. The Labute approximate surface area is 69.9 Å². The Kier molecular flexibility index (Phi) is 3.32. The summed E-state index contributed by atoms with van der Waals surface area (Å²) in [5.41, 5.74) is 0. The van der Waals surface area contributed by atoms with Crippen LogP contribution in [0.1, 0.15) is 6.92 Å². The topological polar surface area (TPSA) is 46.0 Å². The molecule has 4 heteroatoms. The van der Waals surface area contributed by atoms with Crippen molar-refractivity contribution >= 4 is 11.8 Å². The smallest absolute Gasteiger partial charge is 0.187 e. The number of hydrogen-bond acceptors (Lipinski definition) is 4. The highest BCUT2D eigenvalue weighted by Crippen LogP contribution is 2.11. The van der Waals surface area contributed by atoms with E-state index in [0.717, 1.165) is 0 Å². The highest BCUT2D eigenvalue weighted by molar-refractivity contribution is 7.99. The molecular weight excluding hydrogens is 160 g/mol. The highest BCUT2D eigenvalue weighted by Gasteiger charge is 1.98. The fourth-order valence-electron chi connectivity index (χ4n) is 0.555. The average molecular weight is 170 g/mol. The fraction of sp³-hybridized carbons (Fsp3) is 0.429. The van der Waals surface area contributed by atoms with Crippen LogP contribution in [-0.4, -0.2) is 26.9 Å². The third kappa shape index (κ3) is 3.34. The van der Waals surface area contributed by atoms with E-state index < -0.39 is 0 Å². The maximum absolute atomic E-state index is 8.94. The van der Waals surface area contributed by atoms with Crippen LogP contribution < -0.4 is 0 Å². The zero-order valence-electron chi connectivity index (χ0n) is 6.27. The molecule has 60 valence electrons. The number of rotatable bonds is 3. The van der Waals surface area contributed by atoms with Gasteiger partial charge in [0.05, 0.1) is 6.10 Å². The van der Waals surface area contributed by atoms with Crippen molar-refractivity contribution in [3.63, 3.8) is 0 Å². The van der Waals surface area contributed by atoms with Crippen LogP contribution in [0.2, 0.25) is 0 Å². The minimum absolute atomic E-state index is 0.302. The van der Waals surface area contributed by atoms with Gasteiger partial charge in [-0.25, -0.2) is 9.97 Å². The van der Waals surface area contributed by atoms with Crippen molar-refractivity contribution in [3.05, 3.63) is 18.5 Å². The maximum atomic E-state index is 8.94. The third-order valence-corrected chi connectivity index (χ3v) is 2.11. The van der Waals surface area contributed by atoms with Gasteiger partial charge in [-0.15, -0.1) is 0 Å². The molecule has 0 aliphatic carbocycles. The van der Waals surface area contributed by atoms with Crippen molar-refractivity contribution in [2.75, 3.05) is 5.75 Å². The third-order valence-electron chi connectivity index (χ3n) is 0.996. The van der Waals surface area contributed by atoms with E-state index in [1.165, 1.54) is 11.8 Å². The molecule has 1 aromatic heterocycles. The first-order valence-corrected chi connectivity index (χ1v) is 4.35. The summed E-state index contributed by atoms with van der Waals surface area (Å²) in [6.07, 6.45) is 3.08. The summed E-state index contributed by atoms with van der Waals surface area (Å²) < 4.78 is 0. The van der Waals surface area contributed by atoms with E-state index in [-0.39, 0.29) is 6.10 Å². The van der Waals surface area contributed by atoms with Crippen molar-refractivity contribution in [1.29, 1.82) is 0 Å². The van der Waals surface area contributed by atoms with Crippen LogP contribution in [0.3, 0.4) is 0 Å². The summed E-state index contributed by atoms with van der Waals surface area (Å²) in [5, 5.41) is 9.65. The Morgan fingerprint density at radius 2 is 2.18 bits per heavy atom. The normalized spacial score (nSPS) is 12.9. The fourth-order valence-corrected chi connectivity index (χ4v) is 1.22. The molecule has 11 heavy (non-hydrogen) atoms. The van der Waals surface area contributed by atoms with Gasteiger partial charge in [0.15, 0.2) is 5.16 Å². The number of hydrogen-bond donors (Lipinski definition) is 1. The Balaban J connectivity index is 2.39. The Hall–Kier alpha value is -0.610. The molecule has 1 aromatic rings. The Bertz CT molecular complexity index is 203. The van der Waals surface area contributed by atoms with Crippen LogP contribution in [0.4, 0.5) is 0 Å². The quantitative estimate of drug-likeness (QED) is 0.542. The second kappa shape index (κ2) is 4.31. The molecule has 3 nitrogen and oxygen atoms in total. The van der Waals surface area contributed by atoms with Gasteiger partial charge >= 0.3 is 0 Å². The van der Waals surface area contributed by atoms with E-state index in [2.05, 4.69) is 9.97 Å². The van der Waals surface area contributed by atoms with Gasteiger partial charge in [-0.2, -0.15) is 0 Å². The monoisotopic (exact) mass is 170 g/mol. The van der Waals surface area contributed by atoms with Crippen molar-refractivity contribution in [1.82, 2.24) is 9.97 Å². The van der Waals surface area contributed by atoms with Gasteiger partial charge in [0.2, 0.25) is 0 Å². The summed E-state index contributed by atoms with van der Waals surface area (Å²) in [7, 11) is 0. The number of aliphatic hydroxyl groups excluding tert-OH is 1. The van der Waals surface area contributed by atoms with E-state index in [9.17, 15) is 0 Å². The molecule has 0 bridgehead atoms. The second-order valence-electron chi connectivity index (χ2n) is 2.19. The summed E-state index contributed by atoms with van der Waals surface area (Å²) in [6.45, 7) is 1.75. The predicted molar refractivity (Wildman–Crippen MR) is 44.4 cm³/mol. The molecule has 0 unspecified atom stereocenters. The van der Waals surface area contributed by atoms with Crippen LogP contribution in [-0.2, 0) is 0 Å². The largest absolute Gasteiger partial charge is 0.393 e. The van der Waals surface area contributed by atoms with Crippen molar-refractivity contribution in [2.45, 2.75) is 18.2 Å². The second-order valence-corrected chi connectivity index (χ2v) is 3.18. The lowest BCUT2D eigenvalue weighted by Crippen LogP contribution is -2.03. The molecule has 0 aliphatic heterocycles. The van der Waals surface area contributed by atoms with Crippen LogP contribution >= 0.6 is 11.8 Å². The van der Waals surface area contributed by atoms with E-state index >= 15 is 0 Å². The van der Waals surface area contributed by atoms with Crippen molar-refractivity contribution in [2.24, 2.45) is 0 Å². The minimum Gasteiger partial charge on any atom is -0.393 e. The molecule has 0 aromatic carbocycles. The Morgan fingerprint density at radius 1 is 1.55 bits per heavy atom. The van der Waals surface area contributed by atoms with Gasteiger partial charge in [-0.05, 0) is 13.0 Å². The van der Waals surface area contributed by atoms with E-state index in [1.807, 2.05) is 0 Å². The minimum atomic E-state index is -0.302. The SMILES string of the molecule is C[C@H](O)CSc1ncccn1. The molecule has 0 radical (unpaired) electrons. The summed E-state index contributed by atoms with van der Waals surface area (Å²) >= 11 is 1.46. The molecule has 0 spiro atoms. The summed E-state index contributed by atoms with van der Waals surface area (Å²) in [4.78, 5) is 7.98. The zero-order chi connectivity index (χ0) is 8.10. The molecule has 1 N–H and O–H groups in total. The zero-order valence-corrected chi connectivity index (χ0v) is 7.08. The van der Waals surface area contributed by atoms with Gasteiger partial charge in [-0.1, -0.05) is 11.8 Å². The van der Waals surface area contributed by atoms with Gasteiger partial charge < -0.3 is 5.11 Å². The molecule has 0 amide bonds. The average Bonchev–Trinajstić information content (AvgIpc) is 2.03. The highest BCUT2D eigenvalue weighted by atomic mass is 32.2. The molecule has 0 fully saturated rings. The lowest BCUT2D eigenvalue weighted by atomic mass is 10.5. The van der Waals surface area contributed by atoms with E-state index in [4.69, 9.17) is 5.11 Å². The molecule has 0 saturated carbocycles. The van der Waals surface area contributed by atoms with E-state index in [0.29, 0.717) is 10.9 Å². The van der Waals surface area contributed by atoms with Gasteiger partial charge in [-0.3, -0.25) is 0 Å². The van der Waals surface area contributed by atoms with Crippen LogP contribution in [0.15, 0.2) is 23.6 Å². The predicted octanol–water partition coefficient (Wildman–Crippen LogP) is 0.950. The van der Waals surface area contributed by atoms with Crippen LogP contribution in [0.25, 0.3) is 0 Å². The lowest BCUT2D eigenvalue weighted by Gasteiger charge is -2.00. The molecule has 1 heterocycles. The number of thioether (sulfide) groups is 1. The molecule has 1 atom stereocenters. The number of aromatic nitrogens is 2. The molecule has 1 rings (SSSR count). The first-order chi connectivity index (χ1) is 5.29. The number of nitrogens with zero attached hydrogens (tertiary/aromatic N) is 2. The van der Waals surface area contributed by atoms with Crippen LogP contribution in [0, 0.1) is 0 Å². The molecule has 0 saturated heterocycles. The molecule has 0 aliphatic rings. The first-order valence-electron chi connectivity index (χ1n) is 3.37. The number of aliphatic hydroxyl groups is 1. The summed E-state index contributed by atoms with van der Waals surface area (Å²) in [6, 6.07) is 1.77. The van der Waals surface area contributed by atoms with Gasteiger partial charge in [0.25, 0.3) is 0 Å². The van der Waals surface area contributed by atoms with Crippen molar-refractivity contribution < 1.29 is 5.11 Å². The van der Waals surface area contributed by atoms with Crippen LogP contribution in [0.5, 0.6) is 0 Å². The van der Waals surface area contributed by atoms with Gasteiger partial charge in [0.1, 0.15) is 0 Å². The maximum Gasteiger partial charge on any atom is 0.187 e. The standard InChI is InChI=1S/C7H10N2OS/c1-6(10)5-11-7-8-3-2-4-9-7/h2-4,6,10H,5H2,1H3/t6-/m0/s1. The molecular formula is C7H10N2OS.